The molecule has 146 valence electrons. The molecule has 1 aliphatic rings. The molecule has 0 aliphatic carbocycles. The van der Waals surface area contributed by atoms with Gasteiger partial charge in [0.2, 0.25) is 0 Å². The lowest BCUT2D eigenvalue weighted by molar-refractivity contribution is 0.536. The lowest BCUT2D eigenvalue weighted by atomic mass is 9.80. The molecular weight excluding hydrogens is 328 g/mol. The van der Waals surface area contributed by atoms with Gasteiger partial charge in [-0.2, -0.15) is 0 Å². The molecular formula is C25H36N2. The number of hydrogen-bond donors (Lipinski definition) is 1. The Morgan fingerprint density at radius 2 is 1.59 bits per heavy atom. The highest BCUT2D eigenvalue weighted by molar-refractivity contribution is 5.57. The van der Waals surface area contributed by atoms with E-state index in [1.54, 1.807) is 0 Å². The first-order valence-electron chi connectivity index (χ1n) is 10.4. The molecule has 2 aromatic carbocycles. The summed E-state index contributed by atoms with van der Waals surface area (Å²) in [6, 6.07) is 17.6. The van der Waals surface area contributed by atoms with Gasteiger partial charge in [-0.3, -0.25) is 0 Å². The molecule has 27 heavy (non-hydrogen) atoms. The van der Waals surface area contributed by atoms with E-state index in [1.807, 2.05) is 20.9 Å². The van der Waals surface area contributed by atoms with Gasteiger partial charge in [0.15, 0.2) is 0 Å². The molecule has 0 spiro atoms. The van der Waals surface area contributed by atoms with Crippen molar-refractivity contribution in [1.82, 2.24) is 0 Å². The van der Waals surface area contributed by atoms with Crippen molar-refractivity contribution in [2.45, 2.75) is 52.4 Å². The molecule has 2 aromatic rings. The number of hydrogen-bond acceptors (Lipinski definition) is 2. The Labute approximate surface area is 166 Å². The first-order chi connectivity index (χ1) is 13.1. The molecule has 2 nitrogen and oxygen atoms in total. The molecule has 0 saturated carbocycles. The van der Waals surface area contributed by atoms with Gasteiger partial charge >= 0.3 is 0 Å². The number of nitrogens with one attached hydrogen (secondary N) is 1. The maximum Gasteiger partial charge on any atom is 0.0375 e. The standard InChI is InChI=1S/C23H30N2.C2H6/c1-23(2,21-10-4-5-11-22(21)24-3)16-8-9-19-12-14-20(15-13-19)25-17-6-7-18-25;1-2/h4-5,8-15,24H,6-7,16-18H2,1-3H3;1-2H3/b9-8+;. The summed E-state index contributed by atoms with van der Waals surface area (Å²) < 4.78 is 0. The number of anilines is 2. The van der Waals surface area contributed by atoms with Gasteiger partial charge in [-0.15, -0.1) is 0 Å². The second kappa shape index (κ2) is 10.2. The fourth-order valence-corrected chi connectivity index (χ4v) is 3.66. The minimum absolute atomic E-state index is 0.103. The van der Waals surface area contributed by atoms with Gasteiger partial charge < -0.3 is 10.2 Å². The quantitative estimate of drug-likeness (QED) is 0.611. The van der Waals surface area contributed by atoms with Crippen molar-refractivity contribution in [2.24, 2.45) is 0 Å². The average Bonchev–Trinajstić information content (AvgIpc) is 3.25. The number of nitrogens with zero attached hydrogens (tertiary/aromatic N) is 1. The van der Waals surface area contributed by atoms with Gasteiger partial charge in [-0.05, 0) is 54.0 Å². The van der Waals surface area contributed by atoms with Crippen LogP contribution in [-0.2, 0) is 5.41 Å². The predicted octanol–water partition coefficient (Wildman–Crippen LogP) is 6.74. The maximum atomic E-state index is 3.31. The Morgan fingerprint density at radius 1 is 0.963 bits per heavy atom. The van der Waals surface area contributed by atoms with Crippen molar-refractivity contribution in [3.05, 3.63) is 65.7 Å². The summed E-state index contributed by atoms with van der Waals surface area (Å²) in [5, 5.41) is 3.31. The van der Waals surface area contributed by atoms with Crippen LogP contribution in [0.4, 0.5) is 11.4 Å². The van der Waals surface area contributed by atoms with Crippen molar-refractivity contribution in [2.75, 3.05) is 30.4 Å². The summed E-state index contributed by atoms with van der Waals surface area (Å²) >= 11 is 0. The first kappa shape index (κ1) is 21.1. The molecule has 0 amide bonds. The van der Waals surface area contributed by atoms with Crippen molar-refractivity contribution in [3.63, 3.8) is 0 Å². The van der Waals surface area contributed by atoms with Crippen molar-refractivity contribution < 1.29 is 0 Å². The summed E-state index contributed by atoms with van der Waals surface area (Å²) in [6.45, 7) is 11.0. The Balaban J connectivity index is 0.00000126. The zero-order valence-electron chi connectivity index (χ0n) is 17.8. The average molecular weight is 365 g/mol. The minimum Gasteiger partial charge on any atom is -0.388 e. The summed E-state index contributed by atoms with van der Waals surface area (Å²) in [5.74, 6) is 0. The molecule has 1 saturated heterocycles. The third kappa shape index (κ3) is 5.63. The van der Waals surface area contributed by atoms with Crippen LogP contribution in [0.15, 0.2) is 54.6 Å². The Hall–Kier alpha value is -2.22. The Bertz CT molecular complexity index is 707. The van der Waals surface area contributed by atoms with Crippen LogP contribution in [0.25, 0.3) is 6.08 Å². The largest absolute Gasteiger partial charge is 0.388 e. The zero-order valence-corrected chi connectivity index (χ0v) is 17.8. The van der Waals surface area contributed by atoms with Gasteiger partial charge in [0, 0.05) is 31.5 Å². The van der Waals surface area contributed by atoms with E-state index in [9.17, 15) is 0 Å². The topological polar surface area (TPSA) is 15.3 Å². The second-order valence-corrected chi connectivity index (χ2v) is 7.57. The molecule has 0 bridgehead atoms. The highest BCUT2D eigenvalue weighted by atomic mass is 15.1. The van der Waals surface area contributed by atoms with E-state index >= 15 is 0 Å². The van der Waals surface area contributed by atoms with Crippen LogP contribution in [0.5, 0.6) is 0 Å². The van der Waals surface area contributed by atoms with Gasteiger partial charge in [0.25, 0.3) is 0 Å². The van der Waals surface area contributed by atoms with E-state index in [0.717, 1.165) is 6.42 Å². The van der Waals surface area contributed by atoms with Crippen LogP contribution in [0.2, 0.25) is 0 Å². The van der Waals surface area contributed by atoms with E-state index in [-0.39, 0.29) is 5.41 Å². The molecule has 1 aliphatic heterocycles. The van der Waals surface area contributed by atoms with E-state index in [2.05, 4.69) is 84.7 Å². The van der Waals surface area contributed by atoms with Crippen LogP contribution in [0, 0.1) is 0 Å². The lowest BCUT2D eigenvalue weighted by Gasteiger charge is -2.26. The van der Waals surface area contributed by atoms with Crippen LogP contribution in [0.1, 0.15) is 58.1 Å². The predicted molar refractivity (Wildman–Crippen MR) is 122 cm³/mol. The summed E-state index contributed by atoms with van der Waals surface area (Å²) in [7, 11) is 1.99. The van der Waals surface area contributed by atoms with E-state index < -0.39 is 0 Å². The van der Waals surface area contributed by atoms with Crippen LogP contribution in [0.3, 0.4) is 0 Å². The van der Waals surface area contributed by atoms with E-state index in [1.165, 1.54) is 48.4 Å². The zero-order chi connectivity index (χ0) is 19.7. The van der Waals surface area contributed by atoms with Gasteiger partial charge in [-0.1, -0.05) is 70.2 Å². The first-order valence-corrected chi connectivity index (χ1v) is 10.4. The van der Waals surface area contributed by atoms with Crippen molar-refractivity contribution in [1.29, 1.82) is 0 Å². The smallest absolute Gasteiger partial charge is 0.0375 e. The molecule has 0 unspecified atom stereocenters. The van der Waals surface area contributed by atoms with Gasteiger partial charge in [0.05, 0.1) is 0 Å². The summed E-state index contributed by atoms with van der Waals surface area (Å²) in [4.78, 5) is 2.48. The molecule has 2 heteroatoms. The highest BCUT2D eigenvalue weighted by Crippen LogP contribution is 2.33. The third-order valence-corrected chi connectivity index (χ3v) is 5.23. The van der Waals surface area contributed by atoms with E-state index in [0.29, 0.717) is 0 Å². The Kier molecular flexibility index (Phi) is 7.97. The van der Waals surface area contributed by atoms with Gasteiger partial charge in [0.1, 0.15) is 0 Å². The van der Waals surface area contributed by atoms with Crippen molar-refractivity contribution >= 4 is 17.5 Å². The molecule has 0 radical (unpaired) electrons. The van der Waals surface area contributed by atoms with Crippen LogP contribution < -0.4 is 10.2 Å². The third-order valence-electron chi connectivity index (χ3n) is 5.23. The molecule has 1 fully saturated rings. The SMILES string of the molecule is CC.CNc1ccccc1C(C)(C)C/C=C/c1ccc(N2CCCC2)cc1. The second-order valence-electron chi connectivity index (χ2n) is 7.57. The molecule has 0 atom stereocenters. The fraction of sp³-hybridized carbons (Fsp3) is 0.440. The van der Waals surface area contributed by atoms with Crippen LogP contribution >= 0.6 is 0 Å². The monoisotopic (exact) mass is 364 g/mol. The number of benzene rings is 2. The Morgan fingerprint density at radius 3 is 2.22 bits per heavy atom. The lowest BCUT2D eigenvalue weighted by Crippen LogP contribution is -2.17. The number of allylic oxidation sites excluding steroid dienone is 1. The maximum absolute atomic E-state index is 3.31. The number of rotatable bonds is 6. The molecule has 1 heterocycles. The van der Waals surface area contributed by atoms with Crippen molar-refractivity contribution in [3.8, 4) is 0 Å². The number of para-hydroxylation sites is 1. The highest BCUT2D eigenvalue weighted by Gasteiger charge is 2.21. The normalized spacial score (nSPS) is 14.2. The molecule has 1 N–H and O–H groups in total. The summed E-state index contributed by atoms with van der Waals surface area (Å²) in [6.07, 6.45) is 8.21. The summed E-state index contributed by atoms with van der Waals surface area (Å²) in [5.41, 5.74) is 5.33. The van der Waals surface area contributed by atoms with Crippen LogP contribution in [-0.4, -0.2) is 20.1 Å². The molecule has 0 aromatic heterocycles. The molecule has 3 rings (SSSR count). The minimum atomic E-state index is 0.103. The van der Waals surface area contributed by atoms with Gasteiger partial charge in [-0.25, -0.2) is 0 Å². The fourth-order valence-electron chi connectivity index (χ4n) is 3.66. The van der Waals surface area contributed by atoms with E-state index in [4.69, 9.17) is 0 Å².